The Kier molecular flexibility index (Phi) is 5.23. The summed E-state index contributed by atoms with van der Waals surface area (Å²) in [6.45, 7) is 0. The molecule has 0 unspecified atom stereocenters. The molecule has 0 amide bonds. The second-order valence-corrected chi connectivity index (χ2v) is 4.35. The first-order valence-electron chi connectivity index (χ1n) is 2.39. The number of hydrogen-bond donors (Lipinski definition) is 1. The van der Waals surface area contributed by atoms with Gasteiger partial charge in [0.25, 0.3) is 0 Å². The fourth-order valence-electron chi connectivity index (χ4n) is 0.291. The van der Waals surface area contributed by atoms with Crippen LogP contribution in [0.3, 0.4) is 0 Å². The Morgan fingerprint density at radius 2 is 1.78 bits per heavy atom. The minimum absolute atomic E-state index is 0.443. The Balaban J connectivity index is 3.38. The van der Waals surface area contributed by atoms with E-state index in [4.69, 9.17) is 34.8 Å². The van der Waals surface area contributed by atoms with Crippen molar-refractivity contribution in [2.24, 2.45) is 0 Å². The molecule has 0 N–H and O–H groups in total. The van der Waals surface area contributed by atoms with Crippen LogP contribution in [0.25, 0.3) is 0 Å². The summed E-state index contributed by atoms with van der Waals surface area (Å²) in [5.41, 5.74) is 0. The van der Waals surface area contributed by atoms with Crippen LogP contribution in [-0.2, 0) is 0 Å². The van der Waals surface area contributed by atoms with Crippen LogP contribution in [0.5, 0.6) is 0 Å². The van der Waals surface area contributed by atoms with E-state index < -0.39 is 3.79 Å². The Hall–Kier alpha value is 0.960. The third-order valence-corrected chi connectivity index (χ3v) is 1.30. The zero-order valence-electron chi connectivity index (χ0n) is 4.65. The number of hydrogen-bond acceptors (Lipinski definition) is 1. The Morgan fingerprint density at radius 1 is 1.22 bits per heavy atom. The van der Waals surface area contributed by atoms with Gasteiger partial charge < -0.3 is 0 Å². The molecule has 0 aliphatic rings. The molecule has 9 heavy (non-hydrogen) atoms. The van der Waals surface area contributed by atoms with E-state index in [9.17, 15) is 0 Å². The number of rotatable bonds is 2. The normalized spacial score (nSPS) is 12.9. The van der Waals surface area contributed by atoms with Gasteiger partial charge in [-0.1, -0.05) is 47.0 Å². The summed E-state index contributed by atoms with van der Waals surface area (Å²) >= 11 is 20.2. The van der Waals surface area contributed by atoms with Crippen LogP contribution >= 0.6 is 47.4 Å². The maximum Gasteiger partial charge on any atom is 0.194 e. The van der Waals surface area contributed by atoms with Gasteiger partial charge in [0.15, 0.2) is 3.79 Å². The van der Waals surface area contributed by atoms with Crippen molar-refractivity contribution in [2.45, 2.75) is 10.2 Å². The summed E-state index contributed by atoms with van der Waals surface area (Å²) in [7, 11) is 0. The summed E-state index contributed by atoms with van der Waals surface area (Å²) in [4.78, 5) is 0. The highest BCUT2D eigenvalue weighted by Crippen LogP contribution is 2.30. The summed E-state index contributed by atoms with van der Waals surface area (Å²) in [6.07, 6.45) is 4.07. The summed E-state index contributed by atoms with van der Waals surface area (Å²) in [5.74, 6) is 0.681. The van der Waals surface area contributed by atoms with Crippen LogP contribution < -0.4 is 0 Å². The van der Waals surface area contributed by atoms with E-state index in [-0.39, 0.29) is 0 Å². The fraction of sp³-hybridized carbons (Fsp3) is 0.600. The monoisotopic (exact) mass is 204 g/mol. The maximum atomic E-state index is 5.42. The summed E-state index contributed by atoms with van der Waals surface area (Å²) in [6, 6.07) is 0. The van der Waals surface area contributed by atoms with Gasteiger partial charge in [-0.05, 0) is 0 Å². The summed E-state index contributed by atoms with van der Waals surface area (Å²) in [5, 5.41) is 0. The van der Waals surface area contributed by atoms with Crippen molar-refractivity contribution in [3.05, 3.63) is 12.2 Å². The molecular formula is C5H7Cl3S. The van der Waals surface area contributed by atoms with Crippen molar-refractivity contribution in [1.82, 2.24) is 0 Å². The first-order valence-corrected chi connectivity index (χ1v) is 4.15. The number of thiol groups is 1. The topological polar surface area (TPSA) is 0 Å². The molecule has 54 valence electrons. The van der Waals surface area contributed by atoms with Gasteiger partial charge in [0.1, 0.15) is 0 Å². The molecule has 0 aromatic carbocycles. The van der Waals surface area contributed by atoms with Crippen molar-refractivity contribution < 1.29 is 0 Å². The van der Waals surface area contributed by atoms with E-state index in [1.54, 1.807) is 6.08 Å². The second-order valence-electron chi connectivity index (χ2n) is 1.47. The standard InChI is InChI=1S/C5H7Cl3S/c6-5(7,8)3-1-2-4-9/h1-2,9H,3-4H2. The van der Waals surface area contributed by atoms with Crippen molar-refractivity contribution in [2.75, 3.05) is 5.75 Å². The Morgan fingerprint density at radius 3 is 2.11 bits per heavy atom. The molecule has 0 rings (SSSR count). The molecule has 0 nitrogen and oxygen atoms in total. The molecule has 0 saturated heterocycles. The smallest absolute Gasteiger partial charge is 0.175 e. The van der Waals surface area contributed by atoms with Crippen LogP contribution in [0.15, 0.2) is 12.2 Å². The van der Waals surface area contributed by atoms with Gasteiger partial charge in [-0.2, -0.15) is 12.6 Å². The van der Waals surface area contributed by atoms with E-state index in [0.29, 0.717) is 12.2 Å². The zero-order chi connectivity index (χ0) is 7.33. The van der Waals surface area contributed by atoms with Crippen LogP contribution in [0, 0.1) is 0 Å². The fourth-order valence-corrected chi connectivity index (χ4v) is 0.708. The highest BCUT2D eigenvalue weighted by molar-refractivity contribution is 7.80. The molecule has 0 bridgehead atoms. The second kappa shape index (κ2) is 4.73. The number of halogens is 3. The third-order valence-electron chi connectivity index (χ3n) is 0.621. The van der Waals surface area contributed by atoms with Crippen LogP contribution in [-0.4, -0.2) is 9.55 Å². The average molecular weight is 206 g/mol. The first kappa shape index (κ1) is 9.96. The van der Waals surface area contributed by atoms with Gasteiger partial charge in [0.2, 0.25) is 0 Å². The van der Waals surface area contributed by atoms with E-state index in [1.807, 2.05) is 6.08 Å². The van der Waals surface area contributed by atoms with Crippen molar-refractivity contribution in [3.8, 4) is 0 Å². The highest BCUT2D eigenvalue weighted by Gasteiger charge is 2.15. The van der Waals surface area contributed by atoms with Crippen molar-refractivity contribution in [3.63, 3.8) is 0 Å². The van der Waals surface area contributed by atoms with Gasteiger partial charge in [-0.15, -0.1) is 0 Å². The molecule has 0 aromatic heterocycles. The average Bonchev–Trinajstić information content (AvgIpc) is 1.63. The van der Waals surface area contributed by atoms with Gasteiger partial charge in [0, 0.05) is 12.2 Å². The van der Waals surface area contributed by atoms with Crippen LogP contribution in [0.2, 0.25) is 0 Å². The lowest BCUT2D eigenvalue weighted by molar-refractivity contribution is 1.07. The van der Waals surface area contributed by atoms with Crippen LogP contribution in [0.4, 0.5) is 0 Å². The van der Waals surface area contributed by atoms with E-state index in [0.717, 1.165) is 0 Å². The molecule has 0 heterocycles. The number of allylic oxidation sites excluding steroid dienone is 1. The van der Waals surface area contributed by atoms with Gasteiger partial charge >= 0.3 is 0 Å². The number of alkyl halides is 3. The van der Waals surface area contributed by atoms with E-state index >= 15 is 0 Å². The van der Waals surface area contributed by atoms with Crippen molar-refractivity contribution in [1.29, 1.82) is 0 Å². The first-order chi connectivity index (χ1) is 4.06. The predicted molar refractivity (Wildman–Crippen MR) is 47.9 cm³/mol. The predicted octanol–water partition coefficient (Wildman–Crippen LogP) is 3.23. The quantitative estimate of drug-likeness (QED) is 0.399. The van der Waals surface area contributed by atoms with Crippen LogP contribution in [0.1, 0.15) is 6.42 Å². The molecule has 0 aliphatic heterocycles. The summed E-state index contributed by atoms with van der Waals surface area (Å²) < 4.78 is -1.15. The molecule has 0 saturated carbocycles. The maximum absolute atomic E-state index is 5.42. The molecule has 0 fully saturated rings. The minimum atomic E-state index is -1.15. The van der Waals surface area contributed by atoms with Crippen molar-refractivity contribution >= 4 is 47.4 Å². The molecule has 0 aliphatic carbocycles. The van der Waals surface area contributed by atoms with E-state index in [2.05, 4.69) is 12.6 Å². The third kappa shape index (κ3) is 8.96. The lowest BCUT2D eigenvalue weighted by atomic mass is 10.4. The Bertz CT molecular complexity index is 94.9. The highest BCUT2D eigenvalue weighted by atomic mass is 35.6. The molecule has 0 radical (unpaired) electrons. The molecule has 4 heteroatoms. The molecule has 0 aromatic rings. The Labute approximate surface area is 75.6 Å². The molecule has 0 atom stereocenters. The SMILES string of the molecule is SCC=CCC(Cl)(Cl)Cl. The van der Waals surface area contributed by atoms with Gasteiger partial charge in [-0.3, -0.25) is 0 Å². The van der Waals surface area contributed by atoms with E-state index in [1.165, 1.54) is 0 Å². The zero-order valence-corrected chi connectivity index (χ0v) is 7.81. The van der Waals surface area contributed by atoms with Gasteiger partial charge in [0.05, 0.1) is 0 Å². The largest absolute Gasteiger partial charge is 0.194 e. The lowest BCUT2D eigenvalue weighted by Gasteiger charge is -2.04. The molecular weight excluding hydrogens is 198 g/mol. The minimum Gasteiger partial charge on any atom is -0.175 e. The molecule has 0 spiro atoms. The lowest BCUT2D eigenvalue weighted by Crippen LogP contribution is -1.97. The van der Waals surface area contributed by atoms with Gasteiger partial charge in [-0.25, -0.2) is 0 Å².